The summed E-state index contributed by atoms with van der Waals surface area (Å²) in [5.74, 6) is 0.456. The van der Waals surface area contributed by atoms with Gasteiger partial charge in [0.05, 0.1) is 5.58 Å². The topological polar surface area (TPSA) is 38.9 Å². The van der Waals surface area contributed by atoms with Crippen LogP contribution in [0.5, 0.6) is 0 Å². The summed E-state index contributed by atoms with van der Waals surface area (Å²) in [5, 5.41) is 5.56. The van der Waals surface area contributed by atoms with Crippen LogP contribution in [-0.4, -0.2) is 9.97 Å². The molecule has 39 heavy (non-hydrogen) atoms. The summed E-state index contributed by atoms with van der Waals surface area (Å²) >= 11 is 1.74. The van der Waals surface area contributed by atoms with Crippen LogP contribution in [-0.2, 0) is 20.1 Å². The second kappa shape index (κ2) is 11.6. The number of hydrogen-bond acceptors (Lipinski definition) is 4. The van der Waals surface area contributed by atoms with Crippen LogP contribution in [0.15, 0.2) is 101 Å². The van der Waals surface area contributed by atoms with E-state index in [4.69, 9.17) is 4.42 Å². The van der Waals surface area contributed by atoms with Crippen LogP contribution in [0.4, 0.5) is 0 Å². The zero-order valence-electron chi connectivity index (χ0n) is 21.9. The Morgan fingerprint density at radius 1 is 0.795 bits per heavy atom. The van der Waals surface area contributed by atoms with Crippen molar-refractivity contribution in [1.82, 2.24) is 9.97 Å². The minimum Gasteiger partial charge on any atom is -0.500 e. The van der Waals surface area contributed by atoms with Crippen LogP contribution in [0.2, 0.25) is 0 Å². The van der Waals surface area contributed by atoms with Crippen molar-refractivity contribution in [1.29, 1.82) is 0 Å². The van der Waals surface area contributed by atoms with Gasteiger partial charge in [-0.3, -0.25) is 0 Å². The Labute approximate surface area is 245 Å². The van der Waals surface area contributed by atoms with Crippen molar-refractivity contribution < 1.29 is 24.5 Å². The number of thiophene rings is 1. The van der Waals surface area contributed by atoms with E-state index < -0.39 is 0 Å². The molecule has 0 aliphatic rings. The molecule has 0 saturated carbocycles. The van der Waals surface area contributed by atoms with E-state index in [2.05, 4.69) is 78.6 Å². The zero-order chi connectivity index (χ0) is 26.1. The summed E-state index contributed by atoms with van der Waals surface area (Å²) in [7, 11) is 0. The summed E-state index contributed by atoms with van der Waals surface area (Å²) in [5.41, 5.74) is 8.23. The Morgan fingerprint density at radius 2 is 1.64 bits per heavy atom. The van der Waals surface area contributed by atoms with E-state index in [1.165, 1.54) is 21.2 Å². The van der Waals surface area contributed by atoms with Gasteiger partial charge in [-0.15, -0.1) is 65.4 Å². The van der Waals surface area contributed by atoms with Crippen molar-refractivity contribution >= 4 is 43.4 Å². The average molecular weight is 703 g/mol. The predicted molar refractivity (Wildman–Crippen MR) is 159 cm³/mol. The number of rotatable bonds is 3. The van der Waals surface area contributed by atoms with Gasteiger partial charge < -0.3 is 14.4 Å². The van der Waals surface area contributed by atoms with Gasteiger partial charge in [-0.25, -0.2) is 0 Å². The van der Waals surface area contributed by atoms with E-state index in [-0.39, 0.29) is 20.1 Å². The molecule has 3 aromatic carbocycles. The Hall–Kier alpha value is -3.63. The second-order valence-corrected chi connectivity index (χ2v) is 10.5. The van der Waals surface area contributed by atoms with Gasteiger partial charge in [0.1, 0.15) is 5.58 Å². The van der Waals surface area contributed by atoms with Gasteiger partial charge in [-0.1, -0.05) is 49.1 Å². The number of benzene rings is 3. The molecule has 1 radical (unpaired) electrons. The fourth-order valence-corrected chi connectivity index (χ4v) is 5.59. The van der Waals surface area contributed by atoms with E-state index in [1.54, 1.807) is 17.5 Å². The molecular weight excluding hydrogens is 677 g/mol. The van der Waals surface area contributed by atoms with Crippen LogP contribution < -0.4 is 0 Å². The van der Waals surface area contributed by atoms with E-state index in [0.717, 1.165) is 44.5 Å². The molecule has 0 amide bonds. The van der Waals surface area contributed by atoms with E-state index in [1.807, 2.05) is 54.7 Å². The van der Waals surface area contributed by atoms with Crippen molar-refractivity contribution in [2.75, 3.05) is 0 Å². The first-order chi connectivity index (χ1) is 18.6. The first-order valence-corrected chi connectivity index (χ1v) is 13.6. The van der Waals surface area contributed by atoms with Gasteiger partial charge in [0.2, 0.25) is 0 Å². The summed E-state index contributed by atoms with van der Waals surface area (Å²) in [6.45, 7) is 6.54. The molecule has 0 unspecified atom stereocenters. The minimum absolute atomic E-state index is 0. The number of aromatic nitrogens is 2. The van der Waals surface area contributed by atoms with E-state index in [9.17, 15) is 0 Å². The molecule has 0 aliphatic heterocycles. The maximum Gasteiger partial charge on any atom is 0.129 e. The molecule has 0 bridgehead atoms. The van der Waals surface area contributed by atoms with Crippen molar-refractivity contribution in [2.24, 2.45) is 0 Å². The maximum atomic E-state index is 6.38. The molecule has 7 rings (SSSR count). The number of hydrogen-bond donors (Lipinski definition) is 0. The van der Waals surface area contributed by atoms with Crippen molar-refractivity contribution in [2.45, 2.75) is 26.7 Å². The van der Waals surface area contributed by atoms with E-state index >= 15 is 0 Å². The fourth-order valence-electron chi connectivity index (χ4n) is 4.81. The molecule has 3 nitrogen and oxygen atoms in total. The molecule has 0 saturated heterocycles. The van der Waals surface area contributed by atoms with Gasteiger partial charge in [-0.05, 0) is 58.9 Å². The molecule has 7 aromatic rings. The van der Waals surface area contributed by atoms with E-state index in [0.29, 0.717) is 5.92 Å². The number of fused-ring (bicyclic) bond motifs is 5. The first kappa shape index (κ1) is 27.0. The van der Waals surface area contributed by atoms with Gasteiger partial charge in [-0.2, -0.15) is 0 Å². The van der Waals surface area contributed by atoms with Gasteiger partial charge in [0.25, 0.3) is 0 Å². The maximum absolute atomic E-state index is 6.38. The third-order valence-corrected chi connectivity index (χ3v) is 7.58. The molecular formula is C34H26IrN2OS-2. The second-order valence-electron chi connectivity index (χ2n) is 9.54. The summed E-state index contributed by atoms with van der Waals surface area (Å²) in [6, 6.07) is 32.9. The molecule has 0 N–H and O–H groups in total. The molecule has 195 valence electrons. The minimum atomic E-state index is 0. The largest absolute Gasteiger partial charge is 0.500 e. The number of pyridine rings is 2. The third kappa shape index (κ3) is 5.31. The molecule has 0 fully saturated rings. The van der Waals surface area contributed by atoms with Gasteiger partial charge in [0.15, 0.2) is 0 Å². The molecule has 4 aromatic heterocycles. The first-order valence-electron chi connectivity index (χ1n) is 12.7. The average Bonchev–Trinajstić information content (AvgIpc) is 3.59. The summed E-state index contributed by atoms with van der Waals surface area (Å²) in [6.07, 6.45) is 3.74. The summed E-state index contributed by atoms with van der Waals surface area (Å²) in [4.78, 5) is 8.89. The summed E-state index contributed by atoms with van der Waals surface area (Å²) < 4.78 is 7.62. The Balaban J connectivity index is 0.000000200. The van der Waals surface area contributed by atoms with Crippen molar-refractivity contribution in [3.8, 4) is 22.5 Å². The third-order valence-electron chi connectivity index (χ3n) is 6.70. The van der Waals surface area contributed by atoms with Crippen LogP contribution in [0.3, 0.4) is 0 Å². The fraction of sp³-hybridized carbons (Fsp3) is 0.118. The number of furan rings is 1. The Morgan fingerprint density at radius 3 is 2.41 bits per heavy atom. The SMILES string of the molecule is Cc1cnc(-c2[c-]ccc3c2oc2c4ccsc4ccc32)cc1C(C)C.[Ir].[c-]1ccccc1-c1ccccn1. The van der Waals surface area contributed by atoms with Crippen LogP contribution in [0, 0.1) is 19.1 Å². The quantitative estimate of drug-likeness (QED) is 0.172. The standard InChI is InChI=1S/C23H18NOS.C11H8N.Ir/c1-13(2)19-11-20(24-12-14(19)3)17-6-4-5-15-16-7-8-21-18(9-10-26-21)23(16)25-22(15)17;1-2-6-10(7-3-1)11-8-4-5-9-12-11;/h4-5,7-13H,1-3H3;1-6,8-9H;/q2*-1;. The molecule has 0 aliphatic carbocycles. The molecule has 0 spiro atoms. The zero-order valence-corrected chi connectivity index (χ0v) is 25.1. The smallest absolute Gasteiger partial charge is 0.129 e. The van der Waals surface area contributed by atoms with Crippen LogP contribution >= 0.6 is 11.3 Å². The van der Waals surface area contributed by atoms with Gasteiger partial charge >= 0.3 is 0 Å². The molecule has 0 atom stereocenters. The van der Waals surface area contributed by atoms with Gasteiger partial charge in [0, 0.05) is 48.0 Å². The number of nitrogens with zero attached hydrogens (tertiary/aromatic N) is 2. The normalized spacial score (nSPS) is 11.0. The van der Waals surface area contributed by atoms with Crippen molar-refractivity contribution in [3.05, 3.63) is 120 Å². The number of aryl methyl sites for hydroxylation is 1. The Kier molecular flexibility index (Phi) is 8.04. The Bertz CT molecular complexity index is 1820. The van der Waals surface area contributed by atoms with Crippen molar-refractivity contribution in [3.63, 3.8) is 0 Å². The molecule has 5 heteroatoms. The predicted octanol–water partition coefficient (Wildman–Crippen LogP) is 9.64. The monoisotopic (exact) mass is 703 g/mol. The van der Waals surface area contributed by atoms with Crippen LogP contribution in [0.25, 0.3) is 54.5 Å². The molecule has 4 heterocycles. The van der Waals surface area contributed by atoms with Crippen LogP contribution in [0.1, 0.15) is 30.9 Å².